The highest BCUT2D eigenvalue weighted by atomic mass is 32.1. The summed E-state index contributed by atoms with van der Waals surface area (Å²) >= 11 is 5.28. The molecule has 0 aromatic heterocycles. The second kappa shape index (κ2) is 17.5. The van der Waals surface area contributed by atoms with Crippen molar-refractivity contribution in [3.63, 3.8) is 0 Å². The van der Waals surface area contributed by atoms with E-state index in [0.717, 1.165) is 62.5 Å². The van der Waals surface area contributed by atoms with Crippen LogP contribution in [0.2, 0.25) is 0 Å². The molecule has 1 aliphatic rings. The van der Waals surface area contributed by atoms with Crippen molar-refractivity contribution in [1.29, 1.82) is 0 Å². The predicted octanol–water partition coefficient (Wildman–Crippen LogP) is 7.71. The molecule has 0 amide bonds. The van der Waals surface area contributed by atoms with Gasteiger partial charge in [-0.2, -0.15) is 0 Å². The normalized spacial score (nSPS) is 23.7. The zero-order valence-electron chi connectivity index (χ0n) is 25.2. The molecule has 0 N–H and O–H groups in total. The van der Waals surface area contributed by atoms with Gasteiger partial charge < -0.3 is 18.9 Å². The molecule has 0 saturated carbocycles. The van der Waals surface area contributed by atoms with Gasteiger partial charge in [-0.05, 0) is 25.7 Å². The summed E-state index contributed by atoms with van der Waals surface area (Å²) in [4.78, 5) is 4.47. The van der Waals surface area contributed by atoms with Crippen LogP contribution in [-0.2, 0) is 30.4 Å². The van der Waals surface area contributed by atoms with Gasteiger partial charge in [-0.1, -0.05) is 114 Å². The van der Waals surface area contributed by atoms with Gasteiger partial charge in [0.2, 0.25) is 0 Å². The predicted molar refractivity (Wildman–Crippen MR) is 166 cm³/mol. The highest BCUT2D eigenvalue weighted by molar-refractivity contribution is 7.80. The van der Waals surface area contributed by atoms with E-state index in [1.807, 2.05) is 12.1 Å². The molecule has 2 aromatic carbocycles. The van der Waals surface area contributed by atoms with Gasteiger partial charge in [-0.25, -0.2) is 9.80 Å². The molecule has 1 aliphatic heterocycles. The Hall–Kier alpha value is -1.45. The highest BCUT2D eigenvalue weighted by Gasteiger charge is 2.70. The Morgan fingerprint density at radius 1 is 0.575 bits per heavy atom. The minimum absolute atomic E-state index is 0.354. The molecule has 6 nitrogen and oxygen atoms in total. The standard InChI is InChI=1S/C33H52N2O4S/c1-5-9-23-36-27-34-31(40)35(28-37-24-10-6-2)33(39-26-12-8-4,30-21-17-14-18-22-30)32(34,38-25-11-7-3)29-19-15-13-16-20-29/h13-22,31,40H,5-12,23-28H2,1-4H3. The molecule has 224 valence electrons. The van der Waals surface area contributed by atoms with Crippen LogP contribution in [0.1, 0.15) is 90.2 Å². The van der Waals surface area contributed by atoms with Gasteiger partial charge in [0, 0.05) is 37.6 Å². The summed E-state index contributed by atoms with van der Waals surface area (Å²) in [5.41, 5.74) is -0.426. The minimum atomic E-state index is -1.04. The number of unbranched alkanes of at least 4 members (excludes halogenated alkanes) is 4. The molecule has 7 heteroatoms. The van der Waals surface area contributed by atoms with E-state index in [4.69, 9.17) is 31.6 Å². The number of ether oxygens (including phenoxy) is 4. The first-order valence-electron chi connectivity index (χ1n) is 15.4. The van der Waals surface area contributed by atoms with Gasteiger partial charge in [-0.3, -0.25) is 0 Å². The maximum absolute atomic E-state index is 7.19. The molecule has 0 radical (unpaired) electrons. The molecule has 0 bridgehead atoms. The monoisotopic (exact) mass is 572 g/mol. The summed E-state index contributed by atoms with van der Waals surface area (Å²) in [6.07, 6.45) is 8.08. The van der Waals surface area contributed by atoms with Crippen molar-refractivity contribution in [2.45, 2.75) is 96.0 Å². The molecule has 3 rings (SSSR count). The van der Waals surface area contributed by atoms with Crippen LogP contribution in [0.15, 0.2) is 60.7 Å². The Labute approximate surface area is 248 Å². The summed E-state index contributed by atoms with van der Waals surface area (Å²) in [6.45, 7) is 12.0. The van der Waals surface area contributed by atoms with Crippen molar-refractivity contribution >= 4 is 12.6 Å². The number of nitrogens with zero attached hydrogens (tertiary/aromatic N) is 2. The quantitative estimate of drug-likeness (QED) is 0.130. The zero-order valence-corrected chi connectivity index (χ0v) is 26.1. The lowest BCUT2D eigenvalue weighted by Gasteiger charge is -2.50. The molecular weight excluding hydrogens is 520 g/mol. The van der Waals surface area contributed by atoms with Crippen LogP contribution in [0.4, 0.5) is 0 Å². The molecule has 40 heavy (non-hydrogen) atoms. The molecule has 2 atom stereocenters. The number of thiol groups is 1. The number of benzene rings is 2. The van der Waals surface area contributed by atoms with E-state index in [1.54, 1.807) is 0 Å². The topological polar surface area (TPSA) is 43.4 Å². The van der Waals surface area contributed by atoms with Crippen molar-refractivity contribution in [3.8, 4) is 0 Å². The Bertz CT molecular complexity index is 861. The van der Waals surface area contributed by atoms with Gasteiger partial charge in [0.05, 0.1) is 0 Å². The van der Waals surface area contributed by atoms with Crippen molar-refractivity contribution in [3.05, 3.63) is 71.8 Å². The van der Waals surface area contributed by atoms with Gasteiger partial charge in [0.25, 0.3) is 0 Å². The lowest BCUT2D eigenvalue weighted by atomic mass is 9.84. The molecule has 1 fully saturated rings. The fraction of sp³-hybridized carbons (Fsp3) is 0.636. The second-order valence-corrected chi connectivity index (χ2v) is 11.0. The molecule has 0 spiro atoms. The molecule has 2 aromatic rings. The van der Waals surface area contributed by atoms with Crippen LogP contribution in [-0.4, -0.2) is 55.2 Å². The minimum Gasteiger partial charge on any atom is -0.366 e. The van der Waals surface area contributed by atoms with E-state index in [9.17, 15) is 0 Å². The number of hydrogen-bond donors (Lipinski definition) is 1. The third kappa shape index (κ3) is 7.30. The second-order valence-electron chi connectivity index (χ2n) is 10.5. The van der Waals surface area contributed by atoms with E-state index in [0.29, 0.717) is 39.9 Å². The summed E-state index contributed by atoms with van der Waals surface area (Å²) in [5, 5.41) is 0. The average Bonchev–Trinajstić information content (AvgIpc) is 3.19. The third-order valence-corrected chi connectivity index (χ3v) is 8.08. The van der Waals surface area contributed by atoms with Crippen molar-refractivity contribution in [2.75, 3.05) is 39.9 Å². The Morgan fingerprint density at radius 3 is 1.27 bits per heavy atom. The molecule has 1 heterocycles. The first-order valence-corrected chi connectivity index (χ1v) is 15.9. The first kappa shape index (κ1) is 33.1. The smallest absolute Gasteiger partial charge is 0.199 e. The summed E-state index contributed by atoms with van der Waals surface area (Å²) in [5.74, 6) is 0. The van der Waals surface area contributed by atoms with E-state index in [-0.39, 0.29) is 5.50 Å². The Morgan fingerprint density at radius 2 is 0.925 bits per heavy atom. The van der Waals surface area contributed by atoms with Crippen LogP contribution in [0.3, 0.4) is 0 Å². The highest BCUT2D eigenvalue weighted by Crippen LogP contribution is 2.58. The van der Waals surface area contributed by atoms with Crippen molar-refractivity contribution < 1.29 is 18.9 Å². The number of hydrogen-bond acceptors (Lipinski definition) is 7. The maximum Gasteiger partial charge on any atom is 0.199 e. The van der Waals surface area contributed by atoms with E-state index in [2.05, 4.69) is 86.0 Å². The van der Waals surface area contributed by atoms with E-state index < -0.39 is 11.4 Å². The van der Waals surface area contributed by atoms with Crippen LogP contribution in [0.25, 0.3) is 0 Å². The fourth-order valence-corrected chi connectivity index (χ4v) is 5.78. The van der Waals surface area contributed by atoms with Crippen LogP contribution >= 0.6 is 12.6 Å². The Kier molecular flexibility index (Phi) is 14.5. The van der Waals surface area contributed by atoms with E-state index >= 15 is 0 Å². The number of rotatable bonds is 20. The fourth-order valence-electron chi connectivity index (χ4n) is 5.32. The molecule has 2 unspecified atom stereocenters. The summed E-state index contributed by atoms with van der Waals surface area (Å²) < 4.78 is 27.0. The largest absolute Gasteiger partial charge is 0.366 e. The average molecular weight is 573 g/mol. The van der Waals surface area contributed by atoms with Crippen LogP contribution in [0, 0.1) is 0 Å². The van der Waals surface area contributed by atoms with Gasteiger partial charge in [-0.15, -0.1) is 12.6 Å². The van der Waals surface area contributed by atoms with Crippen LogP contribution in [0.5, 0.6) is 0 Å². The Balaban J connectivity index is 2.28. The van der Waals surface area contributed by atoms with Gasteiger partial charge in [0.15, 0.2) is 11.4 Å². The van der Waals surface area contributed by atoms with Gasteiger partial charge >= 0.3 is 0 Å². The molecular formula is C33H52N2O4S. The SMILES string of the molecule is CCCCOCN1C(S)N(COCCCC)C(OCCCC)(c2ccccc2)C1(OCCCC)c1ccccc1. The third-order valence-electron chi connectivity index (χ3n) is 7.52. The first-order chi connectivity index (χ1) is 19.6. The van der Waals surface area contributed by atoms with Gasteiger partial charge in [0.1, 0.15) is 19.0 Å². The molecule has 0 aliphatic carbocycles. The van der Waals surface area contributed by atoms with Crippen LogP contribution < -0.4 is 0 Å². The summed E-state index contributed by atoms with van der Waals surface area (Å²) in [7, 11) is 0. The van der Waals surface area contributed by atoms with Crippen molar-refractivity contribution in [1.82, 2.24) is 9.80 Å². The van der Waals surface area contributed by atoms with Crippen molar-refractivity contribution in [2.24, 2.45) is 0 Å². The molecule has 1 saturated heterocycles. The maximum atomic E-state index is 7.19. The lowest BCUT2D eigenvalue weighted by molar-refractivity contribution is -0.304. The van der Waals surface area contributed by atoms with E-state index in [1.165, 1.54) is 0 Å². The zero-order chi connectivity index (χ0) is 28.7. The summed E-state index contributed by atoms with van der Waals surface area (Å²) in [6, 6.07) is 21.0. The lowest BCUT2D eigenvalue weighted by Crippen LogP contribution is -2.61.